The smallest absolute Gasteiger partial charge is 0.227 e. The Morgan fingerprint density at radius 1 is 1.14 bits per heavy atom. The number of fused-ring (bicyclic) bond motifs is 1. The summed E-state index contributed by atoms with van der Waals surface area (Å²) in [6.07, 6.45) is 5.79. The first-order valence-electron chi connectivity index (χ1n) is 6.90. The summed E-state index contributed by atoms with van der Waals surface area (Å²) in [4.78, 5) is 11.8. The molecule has 0 saturated carbocycles. The van der Waals surface area contributed by atoms with Crippen LogP contribution in [0.5, 0.6) is 0 Å². The Hall–Kier alpha value is -2.52. The van der Waals surface area contributed by atoms with E-state index in [1.165, 1.54) is 0 Å². The van der Waals surface area contributed by atoms with Crippen LogP contribution in [-0.4, -0.2) is 10.5 Å². The van der Waals surface area contributed by atoms with Crippen molar-refractivity contribution in [3.05, 3.63) is 64.8 Å². The maximum absolute atomic E-state index is 11.8. The Balaban J connectivity index is 2.08. The molecular weight excluding hydrogens is 296 g/mol. The Bertz CT molecular complexity index is 876. The SMILES string of the molecule is CC(=O)n1cc(C=Cc2ccc(Cl)cc2)c2cc(N)ccc21. The van der Waals surface area contributed by atoms with Gasteiger partial charge in [-0.3, -0.25) is 9.36 Å². The minimum absolute atomic E-state index is 0.0269. The number of hydrogen-bond acceptors (Lipinski definition) is 2. The average molecular weight is 311 g/mol. The minimum Gasteiger partial charge on any atom is -0.399 e. The molecule has 0 aliphatic rings. The zero-order valence-electron chi connectivity index (χ0n) is 12.1. The molecule has 0 radical (unpaired) electrons. The summed E-state index contributed by atoms with van der Waals surface area (Å²) in [6.45, 7) is 1.54. The molecule has 1 heterocycles. The molecular formula is C18H15ClN2O. The van der Waals surface area contributed by atoms with Gasteiger partial charge in [-0.15, -0.1) is 0 Å². The van der Waals surface area contributed by atoms with Gasteiger partial charge in [0.25, 0.3) is 0 Å². The highest BCUT2D eigenvalue weighted by Gasteiger charge is 2.09. The van der Waals surface area contributed by atoms with Crippen molar-refractivity contribution in [2.75, 3.05) is 5.73 Å². The van der Waals surface area contributed by atoms with E-state index in [1.807, 2.05) is 54.7 Å². The zero-order valence-corrected chi connectivity index (χ0v) is 12.8. The lowest BCUT2D eigenvalue weighted by atomic mass is 10.1. The van der Waals surface area contributed by atoms with E-state index in [0.29, 0.717) is 10.7 Å². The van der Waals surface area contributed by atoms with Gasteiger partial charge < -0.3 is 5.73 Å². The fraction of sp³-hybridized carbons (Fsp3) is 0.0556. The molecule has 0 fully saturated rings. The molecule has 0 saturated heterocycles. The summed E-state index contributed by atoms with van der Waals surface area (Å²) in [7, 11) is 0. The van der Waals surface area contributed by atoms with E-state index in [9.17, 15) is 4.79 Å². The first kappa shape index (κ1) is 14.4. The predicted molar refractivity (Wildman–Crippen MR) is 93.0 cm³/mol. The molecule has 2 aromatic carbocycles. The van der Waals surface area contributed by atoms with Gasteiger partial charge >= 0.3 is 0 Å². The van der Waals surface area contributed by atoms with Crippen molar-refractivity contribution in [2.24, 2.45) is 0 Å². The Kier molecular flexibility index (Phi) is 3.73. The van der Waals surface area contributed by atoms with Crippen LogP contribution in [0.25, 0.3) is 23.1 Å². The third-order valence-electron chi connectivity index (χ3n) is 3.52. The summed E-state index contributed by atoms with van der Waals surface area (Å²) in [5, 5.41) is 1.67. The van der Waals surface area contributed by atoms with E-state index in [4.69, 9.17) is 17.3 Å². The van der Waals surface area contributed by atoms with E-state index in [1.54, 1.807) is 17.6 Å². The van der Waals surface area contributed by atoms with Crippen LogP contribution in [0.3, 0.4) is 0 Å². The lowest BCUT2D eigenvalue weighted by molar-refractivity contribution is 0.0941. The second kappa shape index (κ2) is 5.70. The molecule has 22 heavy (non-hydrogen) atoms. The van der Waals surface area contributed by atoms with Crippen molar-refractivity contribution in [2.45, 2.75) is 6.92 Å². The molecule has 4 heteroatoms. The summed E-state index contributed by atoms with van der Waals surface area (Å²) in [6, 6.07) is 13.1. The van der Waals surface area contributed by atoms with Gasteiger partial charge in [-0.25, -0.2) is 0 Å². The van der Waals surface area contributed by atoms with Crippen LogP contribution in [-0.2, 0) is 0 Å². The van der Waals surface area contributed by atoms with E-state index >= 15 is 0 Å². The normalized spacial score (nSPS) is 11.4. The molecule has 0 atom stereocenters. The number of benzene rings is 2. The number of carbonyl (C=O) groups is 1. The monoisotopic (exact) mass is 310 g/mol. The molecule has 110 valence electrons. The summed E-state index contributed by atoms with van der Waals surface area (Å²) in [5.74, 6) is -0.0269. The largest absolute Gasteiger partial charge is 0.399 e. The molecule has 3 nitrogen and oxygen atoms in total. The van der Waals surface area contributed by atoms with Gasteiger partial charge in [0.15, 0.2) is 0 Å². The molecule has 0 bridgehead atoms. The second-order valence-corrected chi connectivity index (χ2v) is 5.57. The highest BCUT2D eigenvalue weighted by molar-refractivity contribution is 6.30. The van der Waals surface area contributed by atoms with Crippen molar-refractivity contribution >= 4 is 46.3 Å². The Morgan fingerprint density at radius 2 is 1.86 bits per heavy atom. The van der Waals surface area contributed by atoms with E-state index < -0.39 is 0 Å². The van der Waals surface area contributed by atoms with E-state index in [2.05, 4.69) is 0 Å². The fourth-order valence-electron chi connectivity index (χ4n) is 2.43. The van der Waals surface area contributed by atoms with Gasteiger partial charge in [0.1, 0.15) is 0 Å². The van der Waals surface area contributed by atoms with Crippen LogP contribution in [0, 0.1) is 0 Å². The first-order valence-corrected chi connectivity index (χ1v) is 7.27. The van der Waals surface area contributed by atoms with Gasteiger partial charge in [0.05, 0.1) is 5.52 Å². The van der Waals surface area contributed by atoms with Crippen molar-refractivity contribution in [3.8, 4) is 0 Å². The minimum atomic E-state index is -0.0269. The molecule has 3 aromatic rings. The molecule has 0 spiro atoms. The van der Waals surface area contributed by atoms with Crippen molar-refractivity contribution < 1.29 is 4.79 Å². The molecule has 0 unspecified atom stereocenters. The Morgan fingerprint density at radius 3 is 2.55 bits per heavy atom. The van der Waals surface area contributed by atoms with Crippen molar-refractivity contribution in [3.63, 3.8) is 0 Å². The fourth-order valence-corrected chi connectivity index (χ4v) is 2.55. The van der Waals surface area contributed by atoms with Crippen LogP contribution in [0.2, 0.25) is 5.02 Å². The summed E-state index contributed by atoms with van der Waals surface area (Å²) in [5.41, 5.74) is 9.39. The van der Waals surface area contributed by atoms with Gasteiger partial charge in [-0.05, 0) is 35.9 Å². The number of aromatic nitrogens is 1. The molecule has 3 rings (SSSR count). The maximum atomic E-state index is 11.8. The zero-order chi connectivity index (χ0) is 15.7. The summed E-state index contributed by atoms with van der Waals surface area (Å²) >= 11 is 5.88. The predicted octanol–water partition coefficient (Wildman–Crippen LogP) is 4.71. The standard InChI is InChI=1S/C18H15ClN2O/c1-12(22)21-11-14(17-10-16(20)8-9-18(17)21)5-2-13-3-6-15(19)7-4-13/h2-11H,20H2,1H3. The lowest BCUT2D eigenvalue weighted by Crippen LogP contribution is -2.02. The van der Waals surface area contributed by atoms with Crippen molar-refractivity contribution in [1.82, 2.24) is 4.57 Å². The number of halogens is 1. The van der Waals surface area contributed by atoms with Gasteiger partial charge in [-0.1, -0.05) is 35.9 Å². The third-order valence-corrected chi connectivity index (χ3v) is 3.78. The summed E-state index contributed by atoms with van der Waals surface area (Å²) < 4.78 is 1.64. The average Bonchev–Trinajstić information content (AvgIpc) is 2.85. The topological polar surface area (TPSA) is 48.0 Å². The highest BCUT2D eigenvalue weighted by Crippen LogP contribution is 2.25. The first-order chi connectivity index (χ1) is 10.5. The van der Waals surface area contributed by atoms with Crippen molar-refractivity contribution in [1.29, 1.82) is 0 Å². The van der Waals surface area contributed by atoms with Crippen LogP contribution >= 0.6 is 11.6 Å². The maximum Gasteiger partial charge on any atom is 0.227 e. The van der Waals surface area contributed by atoms with E-state index in [0.717, 1.165) is 22.0 Å². The van der Waals surface area contributed by atoms with Gasteiger partial charge in [0, 0.05) is 34.8 Å². The van der Waals surface area contributed by atoms with E-state index in [-0.39, 0.29) is 5.91 Å². The number of anilines is 1. The molecule has 1 aromatic heterocycles. The van der Waals surface area contributed by atoms with Crippen LogP contribution in [0.1, 0.15) is 22.8 Å². The number of nitrogens with two attached hydrogens (primary N) is 1. The lowest BCUT2D eigenvalue weighted by Gasteiger charge is -1.99. The number of nitrogen functional groups attached to an aromatic ring is 1. The molecule has 2 N–H and O–H groups in total. The number of nitrogens with zero attached hydrogens (tertiary/aromatic N) is 1. The second-order valence-electron chi connectivity index (χ2n) is 5.13. The molecule has 0 aliphatic heterocycles. The molecule has 0 amide bonds. The van der Waals surface area contributed by atoms with Crippen LogP contribution in [0.15, 0.2) is 48.7 Å². The quantitative estimate of drug-likeness (QED) is 0.697. The molecule has 0 aliphatic carbocycles. The van der Waals surface area contributed by atoms with Crippen LogP contribution < -0.4 is 5.73 Å². The van der Waals surface area contributed by atoms with Crippen LogP contribution in [0.4, 0.5) is 5.69 Å². The number of hydrogen-bond donors (Lipinski definition) is 1. The number of carbonyl (C=O) groups excluding carboxylic acids is 1. The van der Waals surface area contributed by atoms with Gasteiger partial charge in [-0.2, -0.15) is 0 Å². The highest BCUT2D eigenvalue weighted by atomic mass is 35.5. The Labute approximate surface area is 133 Å². The number of rotatable bonds is 2. The third kappa shape index (κ3) is 2.76. The van der Waals surface area contributed by atoms with Gasteiger partial charge in [0.2, 0.25) is 5.91 Å².